The molecule has 106 valence electrons. The van der Waals surface area contributed by atoms with Gasteiger partial charge < -0.3 is 10.6 Å². The van der Waals surface area contributed by atoms with Crippen LogP contribution in [0.1, 0.15) is 32.6 Å². The van der Waals surface area contributed by atoms with E-state index in [4.69, 9.17) is 5.73 Å². The molecular formula is C13H23N5O. The summed E-state index contributed by atoms with van der Waals surface area (Å²) in [6, 6.07) is 0.210. The van der Waals surface area contributed by atoms with Gasteiger partial charge in [-0.25, -0.2) is 4.98 Å². The highest BCUT2D eigenvalue weighted by atomic mass is 16.2. The topological polar surface area (TPSA) is 77.0 Å². The number of hydrogen-bond acceptors (Lipinski definition) is 4. The van der Waals surface area contributed by atoms with Crippen LogP contribution in [0.5, 0.6) is 0 Å². The second-order valence-corrected chi connectivity index (χ2v) is 5.18. The first kappa shape index (κ1) is 14.0. The zero-order chi connectivity index (χ0) is 13.7. The fourth-order valence-corrected chi connectivity index (χ4v) is 2.76. The minimum absolute atomic E-state index is 0.181. The van der Waals surface area contributed by atoms with Gasteiger partial charge in [0, 0.05) is 25.6 Å². The van der Waals surface area contributed by atoms with Crippen molar-refractivity contribution in [1.29, 1.82) is 0 Å². The third-order valence-corrected chi connectivity index (χ3v) is 4.02. The monoisotopic (exact) mass is 265 g/mol. The predicted octanol–water partition coefficient (Wildman–Crippen LogP) is 0.644. The summed E-state index contributed by atoms with van der Waals surface area (Å²) in [5.41, 5.74) is 5.82. The summed E-state index contributed by atoms with van der Waals surface area (Å²) < 4.78 is 1.69. The van der Waals surface area contributed by atoms with Gasteiger partial charge >= 0.3 is 0 Å². The molecule has 0 aliphatic carbocycles. The maximum absolute atomic E-state index is 12.3. The van der Waals surface area contributed by atoms with Crippen LogP contribution in [0.3, 0.4) is 0 Å². The van der Waals surface area contributed by atoms with Crippen LogP contribution in [-0.2, 0) is 11.3 Å². The van der Waals surface area contributed by atoms with Crippen LogP contribution in [0.2, 0.25) is 0 Å². The first-order chi connectivity index (χ1) is 9.24. The number of carbonyl (C=O) groups is 1. The van der Waals surface area contributed by atoms with E-state index in [1.54, 1.807) is 11.0 Å². The van der Waals surface area contributed by atoms with E-state index in [0.29, 0.717) is 25.4 Å². The highest BCUT2D eigenvalue weighted by Crippen LogP contribution is 2.25. The van der Waals surface area contributed by atoms with Crippen molar-refractivity contribution in [2.75, 3.05) is 13.1 Å². The average Bonchev–Trinajstić information content (AvgIpc) is 2.97. The van der Waals surface area contributed by atoms with Crippen molar-refractivity contribution >= 4 is 5.91 Å². The fourth-order valence-electron chi connectivity index (χ4n) is 2.76. The summed E-state index contributed by atoms with van der Waals surface area (Å²) in [4.78, 5) is 18.1. The molecule has 1 aromatic heterocycles. The highest BCUT2D eigenvalue weighted by molar-refractivity contribution is 5.76. The predicted molar refractivity (Wildman–Crippen MR) is 72.2 cm³/mol. The summed E-state index contributed by atoms with van der Waals surface area (Å²) in [5, 5.41) is 4.01. The smallest absolute Gasteiger partial charge is 0.224 e. The Morgan fingerprint density at radius 1 is 1.53 bits per heavy atom. The fraction of sp³-hybridized carbons (Fsp3) is 0.769. The van der Waals surface area contributed by atoms with E-state index in [2.05, 4.69) is 17.0 Å². The Hall–Kier alpha value is -1.43. The molecule has 2 atom stereocenters. The summed E-state index contributed by atoms with van der Waals surface area (Å²) in [7, 11) is 0. The number of aryl methyl sites for hydroxylation is 1. The molecule has 0 spiro atoms. The summed E-state index contributed by atoms with van der Waals surface area (Å²) in [6.07, 6.45) is 6.91. The van der Waals surface area contributed by atoms with Crippen molar-refractivity contribution in [2.45, 2.75) is 45.2 Å². The molecule has 1 amide bonds. The molecule has 2 N–H and O–H groups in total. The number of aromatic nitrogens is 3. The minimum Gasteiger partial charge on any atom is -0.338 e. The van der Waals surface area contributed by atoms with Gasteiger partial charge in [-0.3, -0.25) is 9.48 Å². The Labute approximate surface area is 114 Å². The molecule has 6 heteroatoms. The summed E-state index contributed by atoms with van der Waals surface area (Å²) >= 11 is 0. The number of rotatable bonds is 5. The SMILES string of the molecule is CCC1CCN(C(=O)CCn2cncn2)C(CN)C1. The summed E-state index contributed by atoms with van der Waals surface area (Å²) in [6.45, 7) is 4.20. The van der Waals surface area contributed by atoms with E-state index in [-0.39, 0.29) is 11.9 Å². The Morgan fingerprint density at radius 3 is 3.00 bits per heavy atom. The lowest BCUT2D eigenvalue weighted by atomic mass is 9.88. The van der Waals surface area contributed by atoms with Crippen molar-refractivity contribution in [1.82, 2.24) is 19.7 Å². The molecule has 1 aromatic rings. The average molecular weight is 265 g/mol. The Morgan fingerprint density at radius 2 is 2.37 bits per heavy atom. The minimum atomic E-state index is 0.181. The normalized spacial score (nSPS) is 23.6. The van der Waals surface area contributed by atoms with Gasteiger partial charge in [-0.05, 0) is 18.8 Å². The van der Waals surface area contributed by atoms with Gasteiger partial charge in [0.1, 0.15) is 12.7 Å². The summed E-state index contributed by atoms with van der Waals surface area (Å²) in [5.74, 6) is 0.897. The van der Waals surface area contributed by atoms with Crippen LogP contribution in [0.15, 0.2) is 12.7 Å². The maximum atomic E-state index is 12.3. The van der Waals surface area contributed by atoms with E-state index < -0.39 is 0 Å². The third kappa shape index (κ3) is 3.53. The zero-order valence-corrected chi connectivity index (χ0v) is 11.5. The van der Waals surface area contributed by atoms with Gasteiger partial charge in [-0.2, -0.15) is 5.10 Å². The highest BCUT2D eigenvalue weighted by Gasteiger charge is 2.29. The zero-order valence-electron chi connectivity index (χ0n) is 11.5. The van der Waals surface area contributed by atoms with E-state index >= 15 is 0 Å². The van der Waals surface area contributed by atoms with Gasteiger partial charge in [-0.1, -0.05) is 13.3 Å². The standard InChI is InChI=1S/C13H23N5O/c1-2-11-3-6-18(12(7-11)8-14)13(19)4-5-17-10-15-9-16-17/h9-12H,2-8,14H2,1H3. The third-order valence-electron chi connectivity index (χ3n) is 4.02. The van der Waals surface area contributed by atoms with Gasteiger partial charge in [0.05, 0.1) is 6.54 Å². The molecule has 0 radical (unpaired) electrons. The number of amides is 1. The molecule has 2 rings (SSSR count). The largest absolute Gasteiger partial charge is 0.338 e. The van der Waals surface area contributed by atoms with E-state index in [1.165, 1.54) is 12.7 Å². The Kier molecular flexibility index (Phi) is 4.90. The molecule has 2 unspecified atom stereocenters. The van der Waals surface area contributed by atoms with Crippen molar-refractivity contribution in [2.24, 2.45) is 11.7 Å². The van der Waals surface area contributed by atoms with E-state index in [1.807, 2.05) is 4.90 Å². The number of nitrogens with two attached hydrogens (primary N) is 1. The quantitative estimate of drug-likeness (QED) is 0.847. The lowest BCUT2D eigenvalue weighted by molar-refractivity contribution is -0.135. The van der Waals surface area contributed by atoms with Gasteiger partial charge in [0.2, 0.25) is 5.91 Å². The number of piperidine rings is 1. The molecule has 1 aliphatic rings. The second kappa shape index (κ2) is 6.65. The first-order valence-corrected chi connectivity index (χ1v) is 7.06. The van der Waals surface area contributed by atoms with Crippen molar-refractivity contribution in [3.05, 3.63) is 12.7 Å². The molecule has 1 fully saturated rings. The number of hydrogen-bond donors (Lipinski definition) is 1. The van der Waals surface area contributed by atoms with Crippen LogP contribution in [0.25, 0.3) is 0 Å². The molecular weight excluding hydrogens is 242 g/mol. The van der Waals surface area contributed by atoms with Gasteiger partial charge in [0.15, 0.2) is 0 Å². The van der Waals surface area contributed by atoms with Gasteiger partial charge in [-0.15, -0.1) is 0 Å². The molecule has 2 heterocycles. The van der Waals surface area contributed by atoms with Crippen LogP contribution in [0.4, 0.5) is 0 Å². The molecule has 6 nitrogen and oxygen atoms in total. The number of likely N-dealkylation sites (tertiary alicyclic amines) is 1. The molecule has 1 saturated heterocycles. The van der Waals surface area contributed by atoms with Crippen LogP contribution in [-0.4, -0.2) is 44.7 Å². The Bertz CT molecular complexity index is 392. The maximum Gasteiger partial charge on any atom is 0.224 e. The van der Waals surface area contributed by atoms with Crippen molar-refractivity contribution < 1.29 is 4.79 Å². The Balaban J connectivity index is 1.87. The lowest BCUT2D eigenvalue weighted by Crippen LogP contribution is -2.49. The number of nitrogens with zero attached hydrogens (tertiary/aromatic N) is 4. The van der Waals surface area contributed by atoms with E-state index in [9.17, 15) is 4.79 Å². The van der Waals surface area contributed by atoms with Crippen LogP contribution in [0, 0.1) is 5.92 Å². The number of carbonyl (C=O) groups excluding carboxylic acids is 1. The molecule has 0 saturated carbocycles. The molecule has 0 bridgehead atoms. The molecule has 1 aliphatic heterocycles. The molecule has 0 aromatic carbocycles. The van der Waals surface area contributed by atoms with E-state index in [0.717, 1.165) is 19.4 Å². The van der Waals surface area contributed by atoms with Crippen LogP contribution < -0.4 is 5.73 Å². The lowest BCUT2D eigenvalue weighted by Gasteiger charge is -2.39. The molecule has 19 heavy (non-hydrogen) atoms. The van der Waals surface area contributed by atoms with Gasteiger partial charge in [0.25, 0.3) is 0 Å². The van der Waals surface area contributed by atoms with Crippen molar-refractivity contribution in [3.8, 4) is 0 Å². The first-order valence-electron chi connectivity index (χ1n) is 7.06. The second-order valence-electron chi connectivity index (χ2n) is 5.18. The van der Waals surface area contributed by atoms with Crippen LogP contribution >= 0.6 is 0 Å². The van der Waals surface area contributed by atoms with Crippen molar-refractivity contribution in [3.63, 3.8) is 0 Å².